The van der Waals surface area contributed by atoms with Crippen molar-refractivity contribution in [3.05, 3.63) is 0 Å². The highest BCUT2D eigenvalue weighted by Crippen LogP contribution is 2.52. The molecule has 0 aromatic carbocycles. The minimum Gasteiger partial charge on any atom is -0.435 e. The molecule has 0 spiro atoms. The van der Waals surface area contributed by atoms with Crippen molar-refractivity contribution in [2.75, 3.05) is 0 Å². The van der Waals surface area contributed by atoms with Crippen LogP contribution in [-0.4, -0.2) is 30.6 Å². The summed E-state index contributed by atoms with van der Waals surface area (Å²) in [7, 11) is -4.08. The zero-order valence-corrected chi connectivity index (χ0v) is 14.8. The zero-order valence-electron chi connectivity index (χ0n) is 13.9. The van der Waals surface area contributed by atoms with Crippen molar-refractivity contribution < 1.29 is 37.2 Å². The molecule has 0 heterocycles. The molecule has 2 atom stereocenters. The van der Waals surface area contributed by atoms with Gasteiger partial charge in [-0.25, -0.2) is 13.6 Å². The van der Waals surface area contributed by atoms with E-state index in [2.05, 4.69) is 0 Å². The Balaban J connectivity index is 4.80. The zero-order chi connectivity index (χ0) is 17.3. The molecule has 0 rings (SSSR count). The molecule has 0 radical (unpaired) electrons. The lowest BCUT2D eigenvalue weighted by Crippen LogP contribution is -2.22. The van der Waals surface area contributed by atoms with E-state index in [1.54, 1.807) is 27.7 Å². The van der Waals surface area contributed by atoms with Crippen LogP contribution in [0.25, 0.3) is 0 Å². The van der Waals surface area contributed by atoms with E-state index in [0.717, 1.165) is 0 Å². The lowest BCUT2D eigenvalue weighted by Gasteiger charge is -2.25. The second-order valence-corrected chi connectivity index (χ2v) is 6.16. The summed E-state index contributed by atoms with van der Waals surface area (Å²) in [6, 6.07) is 0. The van der Waals surface area contributed by atoms with Gasteiger partial charge in [-0.3, -0.25) is 14.1 Å². The predicted octanol–water partition coefficient (Wildman–Crippen LogP) is 3.15. The van der Waals surface area contributed by atoms with Crippen LogP contribution in [0, 0.1) is 0 Å². The van der Waals surface area contributed by atoms with Gasteiger partial charge in [0.2, 0.25) is 12.6 Å². The first-order valence-corrected chi connectivity index (χ1v) is 8.62. The highest BCUT2D eigenvalue weighted by atomic mass is 31.2. The lowest BCUT2D eigenvalue weighted by molar-refractivity contribution is -0.170. The normalized spacial score (nSPS) is 16.7. The number of carbonyl (C=O) groups is 2. The van der Waals surface area contributed by atoms with Crippen molar-refractivity contribution in [2.24, 2.45) is 0 Å². The van der Waals surface area contributed by atoms with Crippen LogP contribution in [0.5, 0.6) is 0 Å². The van der Waals surface area contributed by atoms with Crippen molar-refractivity contribution in [1.29, 1.82) is 0 Å². The lowest BCUT2D eigenvalue weighted by atomic mass is 10.5. The topological polar surface area (TPSA) is 97.4 Å². The van der Waals surface area contributed by atoms with Crippen LogP contribution in [0.3, 0.4) is 0 Å². The summed E-state index contributed by atoms with van der Waals surface area (Å²) in [5, 5.41) is 0. The van der Waals surface area contributed by atoms with Crippen LogP contribution < -0.4 is 0 Å². The quantitative estimate of drug-likeness (QED) is 0.340. The SMILES string of the molecule is CCC(=O)OC(C)OP(=O)(OC(C)C)OC(C)OC(=O)CC. The maximum atomic E-state index is 12.5. The summed E-state index contributed by atoms with van der Waals surface area (Å²) in [6.07, 6.45) is -2.45. The number of hydrogen-bond donors (Lipinski definition) is 0. The molecule has 0 aliphatic carbocycles. The number of rotatable bonds is 10. The van der Waals surface area contributed by atoms with Gasteiger partial charge in [-0.05, 0) is 27.7 Å². The first-order valence-electron chi connectivity index (χ1n) is 7.16. The van der Waals surface area contributed by atoms with E-state index in [1.165, 1.54) is 13.8 Å². The maximum Gasteiger partial charge on any atom is 0.481 e. The molecule has 0 aromatic heterocycles. The van der Waals surface area contributed by atoms with Gasteiger partial charge in [-0.15, -0.1) is 0 Å². The molecule has 22 heavy (non-hydrogen) atoms. The van der Waals surface area contributed by atoms with E-state index in [-0.39, 0.29) is 12.8 Å². The summed E-state index contributed by atoms with van der Waals surface area (Å²) in [6.45, 7) is 9.26. The average Bonchev–Trinajstić information content (AvgIpc) is 2.35. The van der Waals surface area contributed by atoms with Gasteiger partial charge in [0, 0.05) is 12.8 Å². The fraction of sp³-hybridized carbons (Fsp3) is 0.846. The summed E-state index contributed by atoms with van der Waals surface area (Å²) in [5.74, 6) is -1.04. The molecule has 2 unspecified atom stereocenters. The third-order valence-corrected chi connectivity index (χ3v) is 3.86. The van der Waals surface area contributed by atoms with Gasteiger partial charge in [-0.1, -0.05) is 13.8 Å². The number of ether oxygens (including phenoxy) is 2. The standard InChI is InChI=1S/C13H25O8P/c1-7-12(14)17-10(5)20-22(16,19-9(3)4)21-11(6)18-13(15)8-2/h9-11H,7-8H2,1-6H3. The molecule has 130 valence electrons. The Morgan fingerprint density at radius 3 is 1.45 bits per heavy atom. The van der Waals surface area contributed by atoms with Gasteiger partial charge >= 0.3 is 19.8 Å². The van der Waals surface area contributed by atoms with Crippen molar-refractivity contribution >= 4 is 19.8 Å². The highest BCUT2D eigenvalue weighted by Gasteiger charge is 2.35. The fourth-order valence-corrected chi connectivity index (χ4v) is 2.76. The van der Waals surface area contributed by atoms with Crippen LogP contribution in [0.1, 0.15) is 54.4 Å². The van der Waals surface area contributed by atoms with Crippen molar-refractivity contribution in [1.82, 2.24) is 0 Å². The largest absolute Gasteiger partial charge is 0.481 e. The Bertz CT molecular complexity index is 379. The average molecular weight is 340 g/mol. The third kappa shape index (κ3) is 9.15. The summed E-state index contributed by atoms with van der Waals surface area (Å²) >= 11 is 0. The molecule has 0 fully saturated rings. The molecule has 9 heteroatoms. The molecule has 0 saturated heterocycles. The van der Waals surface area contributed by atoms with Crippen molar-refractivity contribution in [3.63, 3.8) is 0 Å². The van der Waals surface area contributed by atoms with Crippen molar-refractivity contribution in [3.8, 4) is 0 Å². The number of carbonyl (C=O) groups excluding carboxylic acids is 2. The first kappa shape index (κ1) is 21.0. The van der Waals surface area contributed by atoms with Gasteiger partial charge in [0.15, 0.2) is 0 Å². The smallest absolute Gasteiger partial charge is 0.435 e. The molecule has 0 aromatic rings. The van der Waals surface area contributed by atoms with Gasteiger partial charge in [0.25, 0.3) is 0 Å². The molecule has 0 aliphatic rings. The molecular formula is C13H25O8P. The molecular weight excluding hydrogens is 315 g/mol. The van der Waals surface area contributed by atoms with Crippen LogP contribution in [-0.2, 0) is 37.2 Å². The Morgan fingerprint density at radius 2 is 1.18 bits per heavy atom. The Labute approximate surface area is 131 Å². The molecule has 0 aliphatic heterocycles. The van der Waals surface area contributed by atoms with Gasteiger partial charge in [-0.2, -0.15) is 0 Å². The summed E-state index contributed by atoms with van der Waals surface area (Å²) in [5.41, 5.74) is 0. The van der Waals surface area contributed by atoms with E-state index in [4.69, 9.17) is 23.0 Å². The number of phosphoric acid groups is 1. The Hall–Kier alpha value is -0.950. The predicted molar refractivity (Wildman–Crippen MR) is 77.7 cm³/mol. The molecule has 0 N–H and O–H groups in total. The van der Waals surface area contributed by atoms with Gasteiger partial charge in [0.05, 0.1) is 6.10 Å². The number of hydrogen-bond acceptors (Lipinski definition) is 8. The van der Waals surface area contributed by atoms with Gasteiger partial charge < -0.3 is 9.47 Å². The molecule has 0 amide bonds. The Kier molecular flexibility index (Phi) is 9.51. The highest BCUT2D eigenvalue weighted by molar-refractivity contribution is 7.48. The number of esters is 2. The van der Waals surface area contributed by atoms with E-state index >= 15 is 0 Å². The van der Waals surface area contributed by atoms with Crippen LogP contribution in [0.15, 0.2) is 0 Å². The van der Waals surface area contributed by atoms with E-state index in [1.807, 2.05) is 0 Å². The minimum absolute atomic E-state index is 0.147. The minimum atomic E-state index is -4.08. The van der Waals surface area contributed by atoms with Crippen LogP contribution in [0.4, 0.5) is 0 Å². The van der Waals surface area contributed by atoms with E-state index in [0.29, 0.717) is 0 Å². The number of phosphoric ester groups is 1. The monoisotopic (exact) mass is 340 g/mol. The first-order chi connectivity index (χ1) is 10.1. The summed E-state index contributed by atoms with van der Waals surface area (Å²) in [4.78, 5) is 22.4. The Morgan fingerprint density at radius 1 is 0.818 bits per heavy atom. The van der Waals surface area contributed by atoms with Gasteiger partial charge in [0.1, 0.15) is 0 Å². The van der Waals surface area contributed by atoms with E-state index in [9.17, 15) is 14.2 Å². The van der Waals surface area contributed by atoms with Crippen LogP contribution in [0.2, 0.25) is 0 Å². The third-order valence-electron chi connectivity index (χ3n) is 2.07. The van der Waals surface area contributed by atoms with Crippen LogP contribution >= 0.6 is 7.82 Å². The van der Waals surface area contributed by atoms with E-state index < -0.39 is 38.4 Å². The maximum absolute atomic E-state index is 12.5. The summed E-state index contributed by atoms with van der Waals surface area (Å²) < 4.78 is 37.6. The fourth-order valence-electron chi connectivity index (χ4n) is 1.28. The second-order valence-electron chi connectivity index (χ2n) is 4.63. The van der Waals surface area contributed by atoms with Crippen molar-refractivity contribution in [2.45, 2.75) is 73.1 Å². The second kappa shape index (κ2) is 9.94. The molecule has 8 nitrogen and oxygen atoms in total. The molecule has 0 bridgehead atoms. The molecule has 0 saturated carbocycles.